The normalized spacial score (nSPS) is 14.4. The standard InChI is InChI=1S/C22H25N3O2S/c1-17-4-3-5-19(16-17)23-22(27)25-14-12-24(13-15-25)21(26)11-8-18-6-9-20(28-2)10-7-18/h3-11,16H,12-15H2,1-2H3,(H,23,27)/b11-8+. The minimum Gasteiger partial charge on any atom is -0.336 e. The number of carbonyl (C=O) groups is 2. The van der Waals surface area contributed by atoms with Crippen molar-refractivity contribution in [1.82, 2.24) is 9.80 Å². The minimum absolute atomic E-state index is 0.0207. The van der Waals surface area contributed by atoms with Crippen molar-refractivity contribution >= 4 is 35.5 Å². The highest BCUT2D eigenvalue weighted by Gasteiger charge is 2.23. The Morgan fingerprint density at radius 1 is 1.00 bits per heavy atom. The fourth-order valence-electron chi connectivity index (χ4n) is 3.04. The smallest absolute Gasteiger partial charge is 0.321 e. The first-order chi connectivity index (χ1) is 13.5. The van der Waals surface area contributed by atoms with Crippen molar-refractivity contribution < 1.29 is 9.59 Å². The lowest BCUT2D eigenvalue weighted by Crippen LogP contribution is -2.51. The largest absolute Gasteiger partial charge is 0.336 e. The third-order valence-corrected chi connectivity index (χ3v) is 5.43. The van der Waals surface area contributed by atoms with Crippen LogP contribution < -0.4 is 5.32 Å². The van der Waals surface area contributed by atoms with Gasteiger partial charge in [-0.1, -0.05) is 24.3 Å². The molecular formula is C22H25N3O2S. The van der Waals surface area contributed by atoms with E-state index in [4.69, 9.17) is 0 Å². The lowest BCUT2D eigenvalue weighted by atomic mass is 10.2. The van der Waals surface area contributed by atoms with Crippen molar-refractivity contribution in [1.29, 1.82) is 0 Å². The first-order valence-corrected chi connectivity index (χ1v) is 10.5. The molecule has 0 spiro atoms. The Hall–Kier alpha value is -2.73. The van der Waals surface area contributed by atoms with Crippen molar-refractivity contribution in [3.63, 3.8) is 0 Å². The Kier molecular flexibility index (Phi) is 6.76. The summed E-state index contributed by atoms with van der Waals surface area (Å²) in [6.45, 7) is 4.12. The number of rotatable bonds is 4. The van der Waals surface area contributed by atoms with Crippen LogP contribution in [-0.2, 0) is 4.79 Å². The zero-order chi connectivity index (χ0) is 19.9. The van der Waals surface area contributed by atoms with E-state index in [0.717, 1.165) is 16.8 Å². The van der Waals surface area contributed by atoms with Crippen molar-refractivity contribution in [2.24, 2.45) is 0 Å². The number of carbonyl (C=O) groups excluding carboxylic acids is 2. The molecule has 0 atom stereocenters. The van der Waals surface area contributed by atoms with Gasteiger partial charge < -0.3 is 15.1 Å². The van der Waals surface area contributed by atoms with Gasteiger partial charge in [0, 0.05) is 42.8 Å². The third kappa shape index (κ3) is 5.39. The summed E-state index contributed by atoms with van der Waals surface area (Å²) in [5, 5.41) is 2.92. The fourth-order valence-corrected chi connectivity index (χ4v) is 3.45. The van der Waals surface area contributed by atoms with Crippen LogP contribution in [0.15, 0.2) is 59.5 Å². The van der Waals surface area contributed by atoms with E-state index in [0.29, 0.717) is 26.2 Å². The van der Waals surface area contributed by atoms with Gasteiger partial charge in [0.05, 0.1) is 0 Å². The second-order valence-electron chi connectivity index (χ2n) is 6.72. The molecule has 1 fully saturated rings. The van der Waals surface area contributed by atoms with Crippen molar-refractivity contribution in [3.8, 4) is 0 Å². The van der Waals surface area contributed by atoms with Crippen LogP contribution >= 0.6 is 11.8 Å². The van der Waals surface area contributed by atoms with Gasteiger partial charge in [0.15, 0.2) is 0 Å². The highest BCUT2D eigenvalue weighted by Crippen LogP contribution is 2.16. The number of anilines is 1. The number of nitrogens with zero attached hydrogens (tertiary/aromatic N) is 2. The van der Waals surface area contributed by atoms with Gasteiger partial charge in [0.1, 0.15) is 0 Å². The highest BCUT2D eigenvalue weighted by molar-refractivity contribution is 7.98. The SMILES string of the molecule is CSc1ccc(/C=C/C(=O)N2CCN(C(=O)Nc3cccc(C)c3)CC2)cc1. The van der Waals surface area contributed by atoms with Gasteiger partial charge in [0.25, 0.3) is 0 Å². The molecule has 28 heavy (non-hydrogen) atoms. The maximum Gasteiger partial charge on any atom is 0.321 e. The van der Waals surface area contributed by atoms with Crippen molar-refractivity contribution in [2.75, 3.05) is 37.8 Å². The summed E-state index contributed by atoms with van der Waals surface area (Å²) in [7, 11) is 0. The summed E-state index contributed by atoms with van der Waals surface area (Å²) in [6, 6.07) is 15.7. The lowest BCUT2D eigenvalue weighted by molar-refractivity contribution is -0.127. The molecule has 0 saturated carbocycles. The number of hydrogen-bond donors (Lipinski definition) is 1. The van der Waals surface area contributed by atoms with Crippen LogP contribution in [-0.4, -0.2) is 54.2 Å². The Balaban J connectivity index is 1.49. The molecule has 3 amide bonds. The Morgan fingerprint density at radius 3 is 2.32 bits per heavy atom. The van der Waals surface area contributed by atoms with Gasteiger partial charge in [-0.2, -0.15) is 0 Å². The van der Waals surface area contributed by atoms with E-state index in [1.165, 1.54) is 4.90 Å². The molecule has 3 rings (SSSR count). The summed E-state index contributed by atoms with van der Waals surface area (Å²) in [5.74, 6) is -0.0207. The molecule has 1 N–H and O–H groups in total. The molecule has 0 unspecified atom stereocenters. The zero-order valence-corrected chi connectivity index (χ0v) is 17.0. The van der Waals surface area contributed by atoms with E-state index in [1.54, 1.807) is 27.6 Å². The average molecular weight is 396 g/mol. The number of hydrogen-bond acceptors (Lipinski definition) is 3. The van der Waals surface area contributed by atoms with E-state index < -0.39 is 0 Å². The van der Waals surface area contributed by atoms with Crippen LogP contribution in [0.25, 0.3) is 6.08 Å². The summed E-state index contributed by atoms with van der Waals surface area (Å²) in [6.07, 6.45) is 5.48. The molecule has 146 valence electrons. The maximum absolute atomic E-state index is 12.4. The zero-order valence-electron chi connectivity index (χ0n) is 16.2. The van der Waals surface area contributed by atoms with Crippen molar-refractivity contribution in [3.05, 3.63) is 65.7 Å². The molecule has 0 bridgehead atoms. The van der Waals surface area contributed by atoms with Gasteiger partial charge in [-0.05, 0) is 54.6 Å². The van der Waals surface area contributed by atoms with Gasteiger partial charge in [-0.25, -0.2) is 4.79 Å². The van der Waals surface area contributed by atoms with Crippen LogP contribution in [0.4, 0.5) is 10.5 Å². The van der Waals surface area contributed by atoms with Gasteiger partial charge >= 0.3 is 6.03 Å². The predicted molar refractivity (Wildman–Crippen MR) is 116 cm³/mol. The molecule has 5 nitrogen and oxygen atoms in total. The fraction of sp³-hybridized carbons (Fsp3) is 0.273. The quantitative estimate of drug-likeness (QED) is 0.626. The van der Waals surface area contributed by atoms with Crippen molar-refractivity contribution in [2.45, 2.75) is 11.8 Å². The van der Waals surface area contributed by atoms with Gasteiger partial charge in [0.2, 0.25) is 5.91 Å². The van der Waals surface area contributed by atoms with Crippen LogP contribution in [0.2, 0.25) is 0 Å². The molecular weight excluding hydrogens is 370 g/mol. The third-order valence-electron chi connectivity index (χ3n) is 4.68. The Morgan fingerprint density at radius 2 is 1.68 bits per heavy atom. The minimum atomic E-state index is -0.123. The van der Waals surface area contributed by atoms with Gasteiger partial charge in [-0.3, -0.25) is 4.79 Å². The highest BCUT2D eigenvalue weighted by atomic mass is 32.2. The predicted octanol–water partition coefficient (Wildman–Crippen LogP) is 4.11. The molecule has 0 radical (unpaired) electrons. The first-order valence-electron chi connectivity index (χ1n) is 9.29. The lowest BCUT2D eigenvalue weighted by Gasteiger charge is -2.34. The number of aryl methyl sites for hydroxylation is 1. The Labute approximate surface area is 170 Å². The molecule has 1 heterocycles. The summed E-state index contributed by atoms with van der Waals surface area (Å²) < 4.78 is 0. The monoisotopic (exact) mass is 395 g/mol. The Bertz CT molecular complexity index is 856. The molecule has 1 aliphatic rings. The summed E-state index contributed by atoms with van der Waals surface area (Å²) >= 11 is 1.69. The van der Waals surface area contributed by atoms with Crippen LogP contribution in [0, 0.1) is 6.92 Å². The molecule has 0 aliphatic carbocycles. The van der Waals surface area contributed by atoms with Gasteiger partial charge in [-0.15, -0.1) is 11.8 Å². The molecule has 0 aromatic heterocycles. The molecule has 2 aromatic rings. The first kappa shape index (κ1) is 20.0. The number of benzene rings is 2. The van der Waals surface area contributed by atoms with Crippen LogP contribution in [0.1, 0.15) is 11.1 Å². The number of nitrogens with one attached hydrogen (secondary N) is 1. The molecule has 2 aromatic carbocycles. The number of piperazine rings is 1. The van der Waals surface area contributed by atoms with E-state index in [1.807, 2.05) is 67.8 Å². The number of urea groups is 1. The summed E-state index contributed by atoms with van der Waals surface area (Å²) in [4.78, 5) is 29.6. The number of amides is 3. The van der Waals surface area contributed by atoms with E-state index in [2.05, 4.69) is 5.32 Å². The van der Waals surface area contributed by atoms with E-state index in [-0.39, 0.29) is 11.9 Å². The topological polar surface area (TPSA) is 52.7 Å². The van der Waals surface area contributed by atoms with E-state index >= 15 is 0 Å². The average Bonchev–Trinajstić information content (AvgIpc) is 2.72. The van der Waals surface area contributed by atoms with E-state index in [9.17, 15) is 9.59 Å². The maximum atomic E-state index is 12.4. The molecule has 1 saturated heterocycles. The second kappa shape index (κ2) is 9.46. The molecule has 6 heteroatoms. The second-order valence-corrected chi connectivity index (χ2v) is 7.60. The van der Waals surface area contributed by atoms with Crippen LogP contribution in [0.3, 0.4) is 0 Å². The number of thioether (sulfide) groups is 1. The van der Waals surface area contributed by atoms with Crippen LogP contribution in [0.5, 0.6) is 0 Å². The molecule has 1 aliphatic heterocycles. The summed E-state index contributed by atoms with van der Waals surface area (Å²) in [5.41, 5.74) is 2.89.